The first kappa shape index (κ1) is 27.5. The van der Waals surface area contributed by atoms with Gasteiger partial charge in [-0.3, -0.25) is 14.4 Å². The zero-order chi connectivity index (χ0) is 27.1. The molecular formula is C27H33Cl2N3O5. The number of aliphatic carboxylic acids is 1. The van der Waals surface area contributed by atoms with E-state index < -0.39 is 29.4 Å². The van der Waals surface area contributed by atoms with Gasteiger partial charge >= 0.3 is 5.97 Å². The summed E-state index contributed by atoms with van der Waals surface area (Å²) < 4.78 is 5.71. The zero-order valence-electron chi connectivity index (χ0n) is 21.4. The third-order valence-corrected chi connectivity index (χ3v) is 7.83. The summed E-state index contributed by atoms with van der Waals surface area (Å²) in [5.41, 5.74) is -0.678. The van der Waals surface area contributed by atoms with Gasteiger partial charge in [0, 0.05) is 34.8 Å². The molecule has 2 fully saturated rings. The van der Waals surface area contributed by atoms with Gasteiger partial charge in [0.25, 0.3) is 5.91 Å². The van der Waals surface area contributed by atoms with Gasteiger partial charge in [0.05, 0.1) is 10.4 Å². The molecule has 2 amide bonds. The molecule has 0 radical (unpaired) electrons. The van der Waals surface area contributed by atoms with Gasteiger partial charge in [-0.25, -0.2) is 0 Å². The van der Waals surface area contributed by atoms with Gasteiger partial charge in [0.1, 0.15) is 11.8 Å². The molecule has 1 aromatic carbocycles. The van der Waals surface area contributed by atoms with Crippen LogP contribution in [0.1, 0.15) is 63.9 Å². The minimum Gasteiger partial charge on any atom is -0.481 e. The summed E-state index contributed by atoms with van der Waals surface area (Å²) in [6, 6.07) is 6.94. The lowest BCUT2D eigenvalue weighted by Gasteiger charge is -2.47. The van der Waals surface area contributed by atoms with E-state index in [1.165, 1.54) is 6.07 Å². The Balaban J connectivity index is 1.44. The Labute approximate surface area is 226 Å². The third kappa shape index (κ3) is 5.81. The second-order valence-corrected chi connectivity index (χ2v) is 12.1. The maximum Gasteiger partial charge on any atom is 0.311 e. The quantitative estimate of drug-likeness (QED) is 0.468. The number of hydrogen-bond donors (Lipinski definition) is 3. The molecule has 3 N–H and O–H groups in total. The number of benzene rings is 1. The van der Waals surface area contributed by atoms with Crippen molar-refractivity contribution in [1.82, 2.24) is 15.5 Å². The monoisotopic (exact) mass is 549 g/mol. The molecule has 4 rings (SSSR count). The van der Waals surface area contributed by atoms with Gasteiger partial charge in [-0.1, -0.05) is 23.2 Å². The summed E-state index contributed by atoms with van der Waals surface area (Å²) in [6.07, 6.45) is 2.16. The number of likely N-dealkylation sites (tertiary alicyclic amines) is 1. The van der Waals surface area contributed by atoms with E-state index >= 15 is 0 Å². The molecule has 2 heterocycles. The van der Waals surface area contributed by atoms with Crippen LogP contribution < -0.4 is 10.6 Å². The molecule has 8 nitrogen and oxygen atoms in total. The van der Waals surface area contributed by atoms with Crippen LogP contribution in [0.3, 0.4) is 0 Å². The van der Waals surface area contributed by atoms with Crippen molar-refractivity contribution < 1.29 is 23.9 Å². The first-order chi connectivity index (χ1) is 17.3. The highest BCUT2D eigenvalue weighted by Gasteiger charge is 2.52. The minimum absolute atomic E-state index is 0.0430. The predicted molar refractivity (Wildman–Crippen MR) is 142 cm³/mol. The maximum atomic E-state index is 13.3. The molecule has 0 bridgehead atoms. The molecule has 10 heteroatoms. The Bertz CT molecular complexity index is 1210. The first-order valence-electron chi connectivity index (χ1n) is 12.5. The van der Waals surface area contributed by atoms with Gasteiger partial charge in [-0.05, 0) is 83.7 Å². The van der Waals surface area contributed by atoms with Crippen molar-refractivity contribution in [1.29, 1.82) is 0 Å². The van der Waals surface area contributed by atoms with E-state index in [-0.39, 0.29) is 23.2 Å². The predicted octanol–water partition coefficient (Wildman–Crippen LogP) is 4.98. The highest BCUT2D eigenvalue weighted by atomic mass is 35.5. The summed E-state index contributed by atoms with van der Waals surface area (Å²) in [5, 5.41) is 17.3. The van der Waals surface area contributed by atoms with Crippen LogP contribution in [0, 0.1) is 5.41 Å². The van der Waals surface area contributed by atoms with Crippen molar-refractivity contribution in [3.63, 3.8) is 0 Å². The van der Waals surface area contributed by atoms with E-state index in [0.717, 1.165) is 6.42 Å². The zero-order valence-corrected chi connectivity index (χ0v) is 22.9. The average molecular weight is 550 g/mol. The smallest absolute Gasteiger partial charge is 0.311 e. The number of carboxylic acids is 1. The summed E-state index contributed by atoms with van der Waals surface area (Å²) >= 11 is 12.3. The number of carbonyl (C=O) groups excluding carboxylic acids is 2. The number of amides is 2. The Morgan fingerprint density at radius 3 is 2.54 bits per heavy atom. The Hall–Kier alpha value is -2.55. The minimum atomic E-state index is -1.10. The summed E-state index contributed by atoms with van der Waals surface area (Å²) in [6.45, 7) is 8.28. The highest BCUT2D eigenvalue weighted by Crippen LogP contribution is 2.41. The Kier molecular flexibility index (Phi) is 7.66. The number of carboxylic acid groups (broad SMARTS) is 1. The standard InChI is InChI=1S/C27H33Cl2N3O5/c1-26(2,3)31-16-6-10-22(27(4,14-16)25(35)36)32-12-11-19(24(32)34)30-23(33)21-9-8-20(37-21)17-13-15(28)5-7-18(17)29/h5,7-9,13,16,19,22,31H,6,10-12,14H2,1-4H3,(H,30,33)(H,35,36)/t16?,19-,22?,27?/m0/s1. The number of nitrogens with one attached hydrogen (secondary N) is 2. The van der Waals surface area contributed by atoms with E-state index in [1.807, 2.05) is 0 Å². The summed E-state index contributed by atoms with van der Waals surface area (Å²) in [4.78, 5) is 40.3. The molecule has 2 aromatic rings. The molecule has 2 aliphatic rings. The number of nitrogens with zero attached hydrogens (tertiary/aromatic N) is 1. The van der Waals surface area contributed by atoms with Crippen LogP contribution in [-0.2, 0) is 9.59 Å². The molecule has 1 aromatic heterocycles. The lowest BCUT2D eigenvalue weighted by atomic mass is 9.68. The van der Waals surface area contributed by atoms with Crippen LogP contribution in [0.5, 0.6) is 0 Å². The van der Waals surface area contributed by atoms with Crippen LogP contribution >= 0.6 is 23.2 Å². The number of halogens is 2. The largest absolute Gasteiger partial charge is 0.481 e. The molecule has 4 atom stereocenters. The first-order valence-corrected chi connectivity index (χ1v) is 13.2. The molecule has 3 unspecified atom stereocenters. The van der Waals surface area contributed by atoms with Crippen molar-refractivity contribution in [2.45, 2.75) is 77.0 Å². The SMILES string of the molecule is CC(C)(C)NC1CCC(N2CC[C@H](NC(=O)c3ccc(-c4cc(Cl)ccc4Cl)o3)C2=O)C(C)(C(=O)O)C1. The van der Waals surface area contributed by atoms with E-state index in [1.54, 1.807) is 36.1 Å². The maximum absolute atomic E-state index is 13.3. The second-order valence-electron chi connectivity index (χ2n) is 11.2. The third-order valence-electron chi connectivity index (χ3n) is 7.27. The van der Waals surface area contributed by atoms with Crippen LogP contribution in [-0.4, -0.2) is 58.0 Å². The number of furan rings is 1. The van der Waals surface area contributed by atoms with Crippen LogP contribution in [0.15, 0.2) is 34.7 Å². The normalized spacial score (nSPS) is 26.4. The number of hydrogen-bond acceptors (Lipinski definition) is 5. The van der Waals surface area contributed by atoms with Crippen molar-refractivity contribution in [2.75, 3.05) is 6.54 Å². The Morgan fingerprint density at radius 2 is 1.86 bits per heavy atom. The number of rotatable bonds is 6. The summed E-state index contributed by atoms with van der Waals surface area (Å²) in [7, 11) is 0. The Morgan fingerprint density at radius 1 is 1.14 bits per heavy atom. The fourth-order valence-electron chi connectivity index (χ4n) is 5.56. The van der Waals surface area contributed by atoms with Gasteiger partial charge in [0.2, 0.25) is 5.91 Å². The molecule has 1 saturated carbocycles. The lowest BCUT2D eigenvalue weighted by Crippen LogP contribution is -2.59. The van der Waals surface area contributed by atoms with Crippen molar-refractivity contribution in [2.24, 2.45) is 5.41 Å². The molecule has 37 heavy (non-hydrogen) atoms. The van der Waals surface area contributed by atoms with E-state index in [4.69, 9.17) is 27.6 Å². The highest BCUT2D eigenvalue weighted by molar-refractivity contribution is 6.35. The van der Waals surface area contributed by atoms with Gasteiger partial charge in [0.15, 0.2) is 5.76 Å². The molecule has 1 aliphatic heterocycles. The van der Waals surface area contributed by atoms with Crippen LogP contribution in [0.4, 0.5) is 0 Å². The lowest BCUT2D eigenvalue weighted by molar-refractivity contribution is -0.158. The van der Waals surface area contributed by atoms with Crippen LogP contribution in [0.2, 0.25) is 10.0 Å². The summed E-state index contributed by atoms with van der Waals surface area (Å²) in [5.74, 6) is -1.28. The van der Waals surface area contributed by atoms with Gasteiger partial charge < -0.3 is 25.1 Å². The van der Waals surface area contributed by atoms with Gasteiger partial charge in [-0.2, -0.15) is 0 Å². The van der Waals surface area contributed by atoms with Gasteiger partial charge in [-0.15, -0.1) is 0 Å². The molecule has 0 spiro atoms. The van der Waals surface area contributed by atoms with Crippen molar-refractivity contribution in [3.05, 3.63) is 46.1 Å². The van der Waals surface area contributed by atoms with E-state index in [0.29, 0.717) is 47.2 Å². The fraction of sp³-hybridized carbons (Fsp3) is 0.519. The molecular weight excluding hydrogens is 517 g/mol. The van der Waals surface area contributed by atoms with Crippen molar-refractivity contribution in [3.8, 4) is 11.3 Å². The van der Waals surface area contributed by atoms with Crippen molar-refractivity contribution >= 4 is 41.0 Å². The molecule has 1 saturated heterocycles. The van der Waals surface area contributed by atoms with Crippen LogP contribution in [0.25, 0.3) is 11.3 Å². The van der Waals surface area contributed by atoms with E-state index in [9.17, 15) is 19.5 Å². The van der Waals surface area contributed by atoms with E-state index in [2.05, 4.69) is 31.4 Å². The average Bonchev–Trinajstić information content (AvgIpc) is 3.42. The molecule has 200 valence electrons. The fourth-order valence-corrected chi connectivity index (χ4v) is 5.94. The molecule has 1 aliphatic carbocycles. The number of carbonyl (C=O) groups is 3. The second kappa shape index (κ2) is 10.3. The topological polar surface area (TPSA) is 112 Å².